The summed E-state index contributed by atoms with van der Waals surface area (Å²) in [5, 5.41) is 8.98. The van der Waals surface area contributed by atoms with E-state index in [-0.39, 0.29) is 17.5 Å². The van der Waals surface area contributed by atoms with Gasteiger partial charge in [0.2, 0.25) is 11.9 Å². The molecule has 0 aromatic heterocycles. The molecule has 1 aromatic carbocycles. The van der Waals surface area contributed by atoms with Crippen molar-refractivity contribution < 1.29 is 4.39 Å². The Morgan fingerprint density at radius 1 is 1.26 bits per heavy atom. The highest BCUT2D eigenvalue weighted by Gasteiger charge is 2.43. The van der Waals surface area contributed by atoms with Gasteiger partial charge in [-0.2, -0.15) is 10.3 Å². The summed E-state index contributed by atoms with van der Waals surface area (Å²) in [5.41, 5.74) is 11.9. The first kappa shape index (κ1) is 16.0. The number of nitrogens with two attached hydrogens (primary N) is 2. The first-order chi connectivity index (χ1) is 11.0. The van der Waals surface area contributed by atoms with Crippen molar-refractivity contribution >= 4 is 40.2 Å². The van der Waals surface area contributed by atoms with E-state index in [2.05, 4.69) is 32.6 Å². The van der Waals surface area contributed by atoms with Crippen molar-refractivity contribution in [1.29, 1.82) is 5.26 Å². The van der Waals surface area contributed by atoms with Crippen LogP contribution in [0.15, 0.2) is 22.1 Å². The molecule has 1 aliphatic carbocycles. The van der Waals surface area contributed by atoms with E-state index in [1.54, 1.807) is 4.90 Å². The van der Waals surface area contributed by atoms with E-state index in [9.17, 15) is 4.39 Å². The molecule has 4 N–H and O–H groups in total. The van der Waals surface area contributed by atoms with Crippen molar-refractivity contribution in [2.24, 2.45) is 21.5 Å². The Balaban J connectivity index is 2.15. The van der Waals surface area contributed by atoms with Crippen LogP contribution in [0.1, 0.15) is 37.7 Å². The van der Waals surface area contributed by atoms with Gasteiger partial charge in [-0.15, -0.1) is 0 Å². The number of rotatable bonds is 1. The lowest BCUT2D eigenvalue weighted by Crippen LogP contribution is -2.58. The summed E-state index contributed by atoms with van der Waals surface area (Å²) in [6, 6.07) is 4.69. The van der Waals surface area contributed by atoms with E-state index in [1.165, 1.54) is 12.1 Å². The molecule has 0 saturated heterocycles. The number of hydrogen-bond donors (Lipinski definition) is 2. The van der Waals surface area contributed by atoms with E-state index >= 15 is 0 Å². The molecule has 8 heteroatoms. The van der Waals surface area contributed by atoms with Crippen LogP contribution in [0.4, 0.5) is 10.1 Å². The van der Waals surface area contributed by atoms with Crippen molar-refractivity contribution in [1.82, 2.24) is 0 Å². The van der Waals surface area contributed by atoms with E-state index in [1.807, 2.05) is 6.07 Å². The Hall–Kier alpha value is -1.89. The summed E-state index contributed by atoms with van der Waals surface area (Å²) in [6.07, 6.45) is 4.68. The summed E-state index contributed by atoms with van der Waals surface area (Å²) in [4.78, 5) is 10.4. The van der Waals surface area contributed by atoms with Gasteiger partial charge in [0.25, 0.3) is 0 Å². The average Bonchev–Trinajstić information content (AvgIpc) is 2.50. The van der Waals surface area contributed by atoms with Crippen LogP contribution in [0, 0.1) is 20.7 Å². The second-order valence-corrected chi connectivity index (χ2v) is 6.88. The smallest absolute Gasteiger partial charge is 0.220 e. The zero-order valence-corrected chi connectivity index (χ0v) is 14.5. The Morgan fingerprint density at radius 3 is 2.61 bits per heavy atom. The molecule has 1 aliphatic heterocycles. The molecule has 23 heavy (non-hydrogen) atoms. The Kier molecular flexibility index (Phi) is 4.14. The summed E-state index contributed by atoms with van der Waals surface area (Å²) in [7, 11) is 0. The summed E-state index contributed by atoms with van der Waals surface area (Å²) < 4.78 is 14.9. The molecule has 2 aliphatic rings. The SMILES string of the molecule is N#Cc1cc(I)c(N2C(N)=NC(N)=NC23CCCCC3)cc1F. The van der Waals surface area contributed by atoms with Crippen LogP contribution in [0.3, 0.4) is 0 Å². The fraction of sp³-hybridized carbons (Fsp3) is 0.400. The van der Waals surface area contributed by atoms with Crippen LogP contribution in [0.5, 0.6) is 0 Å². The van der Waals surface area contributed by atoms with Crippen LogP contribution in [-0.4, -0.2) is 17.6 Å². The first-order valence-electron chi connectivity index (χ1n) is 7.36. The molecular formula is C15H16FIN6. The molecule has 0 amide bonds. The highest BCUT2D eigenvalue weighted by molar-refractivity contribution is 14.1. The largest absolute Gasteiger partial charge is 0.369 e. The monoisotopic (exact) mass is 426 g/mol. The maximum atomic E-state index is 14.2. The third kappa shape index (κ3) is 2.73. The second-order valence-electron chi connectivity index (χ2n) is 5.71. The fourth-order valence-electron chi connectivity index (χ4n) is 3.26. The van der Waals surface area contributed by atoms with Gasteiger partial charge in [-0.25, -0.2) is 9.38 Å². The molecule has 3 rings (SSSR count). The number of halogens is 2. The maximum Gasteiger partial charge on any atom is 0.220 e. The number of aliphatic imine (C=N–C) groups is 2. The van der Waals surface area contributed by atoms with Gasteiger partial charge in [-0.1, -0.05) is 6.42 Å². The minimum Gasteiger partial charge on any atom is -0.369 e. The molecule has 1 fully saturated rings. The Labute approximate surface area is 147 Å². The van der Waals surface area contributed by atoms with Gasteiger partial charge >= 0.3 is 0 Å². The van der Waals surface area contributed by atoms with Gasteiger partial charge in [-0.05, 0) is 54.3 Å². The summed E-state index contributed by atoms with van der Waals surface area (Å²) in [6.45, 7) is 0. The molecule has 0 bridgehead atoms. The molecule has 6 nitrogen and oxygen atoms in total. The quantitative estimate of drug-likeness (QED) is 0.674. The van der Waals surface area contributed by atoms with Crippen molar-refractivity contribution in [2.45, 2.75) is 37.8 Å². The van der Waals surface area contributed by atoms with Crippen LogP contribution < -0.4 is 16.4 Å². The Bertz CT molecular complexity index is 745. The molecule has 1 saturated carbocycles. The number of nitriles is 1. The van der Waals surface area contributed by atoms with Gasteiger partial charge in [0, 0.05) is 9.64 Å². The second kappa shape index (κ2) is 5.96. The number of hydrogen-bond acceptors (Lipinski definition) is 6. The molecule has 120 valence electrons. The molecular weight excluding hydrogens is 410 g/mol. The van der Waals surface area contributed by atoms with Crippen LogP contribution in [0.25, 0.3) is 0 Å². The predicted octanol–water partition coefficient (Wildman–Crippen LogP) is 2.41. The molecule has 1 spiro atoms. The number of guanidine groups is 2. The standard InChI is InChI=1S/C15H16FIN6/c16-10-7-12(11(17)6-9(10)8-18)23-14(20)21-13(19)22-15(23)4-2-1-3-5-15/h6-7H,1-5H2,(H4,19,20,21,22). The van der Waals surface area contributed by atoms with Crippen molar-refractivity contribution in [2.75, 3.05) is 4.90 Å². The lowest BCUT2D eigenvalue weighted by atomic mass is 9.87. The minimum atomic E-state index is -0.616. The molecule has 1 aromatic rings. The minimum absolute atomic E-state index is 0.00591. The van der Waals surface area contributed by atoms with Gasteiger partial charge in [0.15, 0.2) is 0 Å². The first-order valence-corrected chi connectivity index (χ1v) is 8.43. The van der Waals surface area contributed by atoms with Crippen LogP contribution in [0.2, 0.25) is 0 Å². The fourth-order valence-corrected chi connectivity index (χ4v) is 3.97. The van der Waals surface area contributed by atoms with Crippen molar-refractivity contribution in [3.8, 4) is 6.07 Å². The van der Waals surface area contributed by atoms with Crippen LogP contribution >= 0.6 is 22.6 Å². The van der Waals surface area contributed by atoms with Gasteiger partial charge in [0.05, 0.1) is 11.3 Å². The highest BCUT2D eigenvalue weighted by atomic mass is 127. The lowest BCUT2D eigenvalue weighted by Gasteiger charge is -2.45. The van der Waals surface area contributed by atoms with Crippen molar-refractivity contribution in [3.63, 3.8) is 0 Å². The van der Waals surface area contributed by atoms with Gasteiger partial charge in [0.1, 0.15) is 17.5 Å². The van der Waals surface area contributed by atoms with E-state index in [4.69, 9.17) is 16.7 Å². The van der Waals surface area contributed by atoms with E-state index < -0.39 is 11.5 Å². The zero-order chi connectivity index (χ0) is 16.6. The summed E-state index contributed by atoms with van der Waals surface area (Å²) in [5.74, 6) is -0.213. The molecule has 0 unspecified atom stereocenters. The number of anilines is 1. The third-order valence-electron chi connectivity index (χ3n) is 4.25. The highest BCUT2D eigenvalue weighted by Crippen LogP contribution is 2.41. The number of nitrogens with zero attached hydrogens (tertiary/aromatic N) is 4. The van der Waals surface area contributed by atoms with Crippen molar-refractivity contribution in [3.05, 3.63) is 27.1 Å². The topological polar surface area (TPSA) is 104 Å². The average molecular weight is 426 g/mol. The lowest BCUT2D eigenvalue weighted by molar-refractivity contribution is 0.305. The molecule has 0 atom stereocenters. The van der Waals surface area contributed by atoms with Crippen LogP contribution in [-0.2, 0) is 0 Å². The Morgan fingerprint density at radius 2 is 1.96 bits per heavy atom. The molecule has 0 radical (unpaired) electrons. The maximum absolute atomic E-state index is 14.2. The molecule has 1 heterocycles. The van der Waals surface area contributed by atoms with E-state index in [0.29, 0.717) is 5.69 Å². The normalized spacial score (nSPS) is 20.0. The summed E-state index contributed by atoms with van der Waals surface area (Å²) >= 11 is 2.07. The predicted molar refractivity (Wildman–Crippen MR) is 95.4 cm³/mol. The third-order valence-corrected chi connectivity index (χ3v) is 5.11. The zero-order valence-electron chi connectivity index (χ0n) is 12.4. The van der Waals surface area contributed by atoms with E-state index in [0.717, 1.165) is 35.7 Å². The van der Waals surface area contributed by atoms with Gasteiger partial charge in [-0.3, -0.25) is 4.90 Å². The van der Waals surface area contributed by atoms with Gasteiger partial charge < -0.3 is 11.5 Å². The number of benzene rings is 1.